The van der Waals surface area contributed by atoms with Crippen molar-refractivity contribution < 1.29 is 33.2 Å². The van der Waals surface area contributed by atoms with E-state index in [2.05, 4.69) is 50.1 Å². The molecule has 0 bridgehead atoms. The number of ether oxygens (including phenoxy) is 7. The maximum atomic E-state index is 5.62. The van der Waals surface area contributed by atoms with Crippen LogP contribution < -0.4 is 38.1 Å². The molecular weight excluding hydrogens is 779 g/mol. The minimum atomic E-state index is 0. The van der Waals surface area contributed by atoms with Gasteiger partial charge in [-0.2, -0.15) is 0 Å². The molecule has 0 spiro atoms. The Labute approximate surface area is 348 Å². The highest BCUT2D eigenvalue weighted by atomic mass is 35.5. The van der Waals surface area contributed by atoms with Crippen LogP contribution in [0.25, 0.3) is 22.4 Å². The van der Waals surface area contributed by atoms with E-state index in [0.29, 0.717) is 47.1 Å². The molecule has 1 fully saturated rings. The van der Waals surface area contributed by atoms with Crippen molar-refractivity contribution in [2.75, 3.05) is 67.8 Å². The summed E-state index contributed by atoms with van der Waals surface area (Å²) in [4.78, 5) is 14.3. The number of aromatic nitrogens is 2. The highest BCUT2D eigenvalue weighted by Gasteiger charge is 2.26. The van der Waals surface area contributed by atoms with E-state index in [0.717, 1.165) is 71.9 Å². The molecule has 0 radical (unpaired) electrons. The van der Waals surface area contributed by atoms with Gasteiger partial charge in [-0.05, 0) is 96.3 Å². The summed E-state index contributed by atoms with van der Waals surface area (Å²) in [7, 11) is 11.4. The molecule has 6 rings (SSSR count). The minimum absolute atomic E-state index is 0. The second-order valence-electron chi connectivity index (χ2n) is 12.8. The van der Waals surface area contributed by atoms with E-state index >= 15 is 0 Å². The van der Waals surface area contributed by atoms with Gasteiger partial charge in [-0.15, -0.1) is 37.2 Å². The van der Waals surface area contributed by atoms with Crippen LogP contribution in [-0.2, 0) is 13.1 Å². The first-order valence-electron chi connectivity index (χ1n) is 17.5. The quantitative estimate of drug-likeness (QED) is 0.101. The molecule has 3 aromatic carbocycles. The molecule has 11 nitrogen and oxygen atoms in total. The number of piperidine rings is 1. The zero-order valence-corrected chi connectivity index (χ0v) is 35.2. The molecule has 0 unspecified atom stereocenters. The number of halogens is 3. The Morgan fingerprint density at radius 1 is 0.589 bits per heavy atom. The van der Waals surface area contributed by atoms with Crippen molar-refractivity contribution >= 4 is 42.9 Å². The lowest BCUT2D eigenvalue weighted by Crippen LogP contribution is -2.44. The van der Waals surface area contributed by atoms with Gasteiger partial charge in [0.15, 0.2) is 23.0 Å². The summed E-state index contributed by atoms with van der Waals surface area (Å²) in [5.74, 6) is 4.35. The Morgan fingerprint density at radius 3 is 1.66 bits per heavy atom. The van der Waals surface area contributed by atoms with E-state index in [4.69, 9.17) is 33.2 Å². The summed E-state index contributed by atoms with van der Waals surface area (Å²) in [5, 5.41) is 0. The predicted molar refractivity (Wildman–Crippen MR) is 228 cm³/mol. The summed E-state index contributed by atoms with van der Waals surface area (Å²) in [5.41, 5.74) is 7.10. The van der Waals surface area contributed by atoms with Crippen molar-refractivity contribution in [3.63, 3.8) is 0 Å². The van der Waals surface area contributed by atoms with Gasteiger partial charge in [-0.3, -0.25) is 14.9 Å². The number of methoxy groups -OCH3 is 7. The van der Waals surface area contributed by atoms with E-state index in [1.165, 1.54) is 5.56 Å². The lowest BCUT2D eigenvalue weighted by Gasteiger charge is -2.40. The van der Waals surface area contributed by atoms with E-state index in [1.54, 1.807) is 49.8 Å². The average Bonchev–Trinajstić information content (AvgIpc) is 3.22. The van der Waals surface area contributed by atoms with E-state index in [1.807, 2.05) is 55.0 Å². The van der Waals surface area contributed by atoms with Crippen molar-refractivity contribution in [3.05, 3.63) is 96.4 Å². The molecule has 1 aliphatic heterocycles. The van der Waals surface area contributed by atoms with Crippen LogP contribution in [0.15, 0.2) is 85.3 Å². The Kier molecular flexibility index (Phi) is 17.5. The first-order chi connectivity index (χ1) is 25.9. The lowest BCUT2D eigenvalue weighted by atomic mass is 9.99. The van der Waals surface area contributed by atoms with Crippen molar-refractivity contribution in [2.45, 2.75) is 32.0 Å². The fourth-order valence-electron chi connectivity index (χ4n) is 6.99. The number of rotatable bonds is 15. The van der Waals surface area contributed by atoms with Crippen LogP contribution in [0.3, 0.4) is 0 Å². The summed E-state index contributed by atoms with van der Waals surface area (Å²) in [6.07, 6.45) is 7.70. The second kappa shape index (κ2) is 21.5. The molecule has 0 N–H and O–H groups in total. The smallest absolute Gasteiger partial charge is 0.203 e. The van der Waals surface area contributed by atoms with Crippen LogP contribution in [0, 0.1) is 0 Å². The molecule has 0 amide bonds. The van der Waals surface area contributed by atoms with Crippen LogP contribution in [0.4, 0.5) is 5.69 Å². The SMILES string of the molecule is COc1ccc(N(Cc2cncc(-c3cc(OC)c(OC)c(OC)c3)c2)C2CCN(Cc3ccnc(-c4cc(OC)c(OC)c(OC)c4)c3)CC2)cc1.Cl.Cl.Cl. The van der Waals surface area contributed by atoms with Gasteiger partial charge in [0.25, 0.3) is 0 Å². The molecule has 56 heavy (non-hydrogen) atoms. The van der Waals surface area contributed by atoms with Crippen molar-refractivity contribution in [1.29, 1.82) is 0 Å². The highest BCUT2D eigenvalue weighted by Crippen LogP contribution is 2.42. The summed E-state index contributed by atoms with van der Waals surface area (Å²) in [6.45, 7) is 3.45. The molecule has 0 atom stereocenters. The summed E-state index contributed by atoms with van der Waals surface area (Å²) < 4.78 is 39.0. The molecule has 3 heterocycles. The van der Waals surface area contributed by atoms with E-state index in [-0.39, 0.29) is 37.2 Å². The van der Waals surface area contributed by atoms with Crippen molar-refractivity contribution in [3.8, 4) is 62.6 Å². The number of anilines is 1. The first kappa shape index (κ1) is 45.6. The van der Waals surface area contributed by atoms with Gasteiger partial charge in [0.05, 0.1) is 55.5 Å². The molecule has 1 aliphatic rings. The number of benzene rings is 3. The zero-order valence-electron chi connectivity index (χ0n) is 32.8. The number of hydrogen-bond acceptors (Lipinski definition) is 11. The predicted octanol–water partition coefficient (Wildman–Crippen LogP) is 8.81. The third kappa shape index (κ3) is 10.3. The molecule has 0 aliphatic carbocycles. The number of likely N-dealkylation sites (tertiary alicyclic amines) is 1. The fourth-order valence-corrected chi connectivity index (χ4v) is 6.99. The standard InChI is InChI=1S/C42H48N4O7.3ClH/c1-47-35-10-8-33(9-11-35)46(27-29-18-32(25-43-24-29)30-20-37(48-2)41(52-6)38(21-30)49-3)34-13-16-45(17-14-34)26-28-12-15-44-36(19-28)31-22-39(50-4)42(53-7)40(23-31)51-5;;;/h8-12,15,18-25,34H,13-14,16-17,26-27H2,1-7H3;3*1H. The Balaban J connectivity index is 0.00000280. The third-order valence-electron chi connectivity index (χ3n) is 9.74. The zero-order chi connectivity index (χ0) is 37.3. The second-order valence-corrected chi connectivity index (χ2v) is 12.8. The van der Waals surface area contributed by atoms with Gasteiger partial charge in [0.2, 0.25) is 11.5 Å². The molecule has 0 saturated carbocycles. The third-order valence-corrected chi connectivity index (χ3v) is 9.74. The molecule has 1 saturated heterocycles. The molecule has 2 aromatic heterocycles. The Bertz CT molecular complexity index is 1950. The van der Waals surface area contributed by atoms with Gasteiger partial charge < -0.3 is 38.1 Å². The fraction of sp³-hybridized carbons (Fsp3) is 0.333. The van der Waals surface area contributed by atoms with E-state index in [9.17, 15) is 0 Å². The van der Waals surface area contributed by atoms with Gasteiger partial charge in [-0.25, -0.2) is 0 Å². The highest BCUT2D eigenvalue weighted by molar-refractivity contribution is 5.86. The number of nitrogens with zero attached hydrogens (tertiary/aromatic N) is 4. The van der Waals surface area contributed by atoms with Crippen LogP contribution in [0.1, 0.15) is 24.0 Å². The van der Waals surface area contributed by atoms with Gasteiger partial charge in [-0.1, -0.05) is 0 Å². The monoisotopic (exact) mass is 828 g/mol. The topological polar surface area (TPSA) is 96.9 Å². The van der Waals surface area contributed by atoms with Crippen LogP contribution in [0.5, 0.6) is 40.2 Å². The van der Waals surface area contributed by atoms with Crippen LogP contribution >= 0.6 is 37.2 Å². The largest absolute Gasteiger partial charge is 0.497 e. The van der Waals surface area contributed by atoms with Crippen molar-refractivity contribution in [1.82, 2.24) is 14.9 Å². The number of pyridine rings is 2. The van der Waals surface area contributed by atoms with Gasteiger partial charge >= 0.3 is 0 Å². The average molecular weight is 830 g/mol. The Morgan fingerprint density at radius 2 is 1.14 bits per heavy atom. The molecule has 14 heteroatoms. The molecule has 302 valence electrons. The van der Waals surface area contributed by atoms with Gasteiger partial charge in [0.1, 0.15) is 5.75 Å². The summed E-state index contributed by atoms with van der Waals surface area (Å²) in [6, 6.07) is 22.9. The molecular formula is C42H51Cl3N4O7. The summed E-state index contributed by atoms with van der Waals surface area (Å²) >= 11 is 0. The minimum Gasteiger partial charge on any atom is -0.497 e. The lowest BCUT2D eigenvalue weighted by molar-refractivity contribution is 0.201. The first-order valence-corrected chi connectivity index (χ1v) is 17.5. The van der Waals surface area contributed by atoms with Crippen LogP contribution in [-0.4, -0.2) is 83.8 Å². The maximum absolute atomic E-state index is 5.62. The normalized spacial score (nSPS) is 12.6. The van der Waals surface area contributed by atoms with Crippen LogP contribution in [0.2, 0.25) is 0 Å². The van der Waals surface area contributed by atoms with E-state index < -0.39 is 0 Å². The Hall–Kier alpha value is -4.81. The van der Waals surface area contributed by atoms with Crippen molar-refractivity contribution in [2.24, 2.45) is 0 Å². The molecule has 5 aromatic rings. The number of hydrogen-bond donors (Lipinski definition) is 0. The maximum Gasteiger partial charge on any atom is 0.203 e. The van der Waals surface area contributed by atoms with Gasteiger partial charge in [0, 0.05) is 67.6 Å².